The van der Waals surface area contributed by atoms with E-state index in [4.69, 9.17) is 16.3 Å². The highest BCUT2D eigenvalue weighted by Gasteiger charge is 2.22. The average molecular weight is 385 g/mol. The minimum absolute atomic E-state index is 0.195. The summed E-state index contributed by atoms with van der Waals surface area (Å²) in [5, 5.41) is 14.0. The molecular weight excluding hydrogens is 368 g/mol. The average Bonchev–Trinajstić information content (AvgIpc) is 2.65. The molecule has 0 saturated heterocycles. The highest BCUT2D eigenvalue weighted by atomic mass is 35.5. The number of methoxy groups -OCH3 is 1. The van der Waals surface area contributed by atoms with Gasteiger partial charge in [0.1, 0.15) is 17.1 Å². The van der Waals surface area contributed by atoms with Crippen LogP contribution in [0.4, 0.5) is 5.69 Å². The molecule has 0 aliphatic rings. The van der Waals surface area contributed by atoms with E-state index in [-0.39, 0.29) is 23.5 Å². The second kappa shape index (κ2) is 7.55. The molecule has 0 radical (unpaired) electrons. The summed E-state index contributed by atoms with van der Waals surface area (Å²) in [6.45, 7) is 3.84. The number of pyridine rings is 1. The van der Waals surface area contributed by atoms with Gasteiger partial charge in [-0.05, 0) is 30.3 Å². The van der Waals surface area contributed by atoms with Crippen LogP contribution in [0.25, 0.3) is 10.9 Å². The fourth-order valence-electron chi connectivity index (χ4n) is 2.87. The predicted molar refractivity (Wildman–Crippen MR) is 106 cm³/mol. The lowest BCUT2D eigenvalue weighted by molar-refractivity contribution is 0.102. The van der Waals surface area contributed by atoms with E-state index in [1.165, 1.54) is 17.7 Å². The molecule has 2 N–H and O–H groups in total. The van der Waals surface area contributed by atoms with Crippen LogP contribution in [0.15, 0.2) is 59.9 Å². The topological polar surface area (TPSA) is 80.6 Å². The summed E-state index contributed by atoms with van der Waals surface area (Å²) >= 11 is 5.98. The maximum atomic E-state index is 12.9. The number of aromatic hydroxyl groups is 1. The minimum Gasteiger partial charge on any atom is -0.506 e. The van der Waals surface area contributed by atoms with Crippen molar-refractivity contribution in [3.05, 3.63) is 76.1 Å². The monoisotopic (exact) mass is 384 g/mol. The molecule has 0 unspecified atom stereocenters. The summed E-state index contributed by atoms with van der Waals surface area (Å²) in [6, 6.07) is 11.5. The molecule has 1 aromatic heterocycles. The first-order valence-corrected chi connectivity index (χ1v) is 8.46. The molecule has 1 heterocycles. The SMILES string of the molecule is C=CCn1c(=O)c(C(=O)Nc2cc(Cl)ccc2OC)c(O)c2ccccc21. The van der Waals surface area contributed by atoms with Gasteiger partial charge in [-0.2, -0.15) is 0 Å². The number of fused-ring (bicyclic) bond motifs is 1. The fraction of sp³-hybridized carbons (Fsp3) is 0.100. The van der Waals surface area contributed by atoms with E-state index in [0.717, 1.165) is 0 Å². The molecule has 138 valence electrons. The largest absolute Gasteiger partial charge is 0.506 e. The molecule has 27 heavy (non-hydrogen) atoms. The van der Waals surface area contributed by atoms with Crippen LogP contribution in [0.5, 0.6) is 11.5 Å². The number of carbonyl (C=O) groups excluding carboxylic acids is 1. The zero-order valence-corrected chi connectivity index (χ0v) is 15.3. The number of halogens is 1. The lowest BCUT2D eigenvalue weighted by Crippen LogP contribution is -2.29. The van der Waals surface area contributed by atoms with Gasteiger partial charge in [0.05, 0.1) is 18.3 Å². The van der Waals surface area contributed by atoms with Crippen LogP contribution >= 0.6 is 11.6 Å². The van der Waals surface area contributed by atoms with Crippen LogP contribution in [0.1, 0.15) is 10.4 Å². The predicted octanol–water partition coefficient (Wildman–Crippen LogP) is 3.81. The number of nitrogens with one attached hydrogen (secondary N) is 1. The Bertz CT molecular complexity index is 1110. The van der Waals surface area contributed by atoms with Crippen molar-refractivity contribution in [2.75, 3.05) is 12.4 Å². The van der Waals surface area contributed by atoms with Gasteiger partial charge in [0.15, 0.2) is 0 Å². The number of amides is 1. The molecule has 1 amide bonds. The van der Waals surface area contributed by atoms with Crippen LogP contribution in [-0.2, 0) is 6.54 Å². The molecule has 0 fully saturated rings. The Hall–Kier alpha value is -3.25. The number of anilines is 1. The Labute approximate surface area is 160 Å². The molecule has 0 spiro atoms. The standard InChI is InChI=1S/C20H17ClN2O4/c1-3-10-23-15-7-5-4-6-13(15)18(24)17(20(23)26)19(25)22-14-11-12(21)8-9-16(14)27-2/h3-9,11,24H,1,10H2,2H3,(H,22,25). The molecule has 0 atom stereocenters. The lowest BCUT2D eigenvalue weighted by Gasteiger charge is -2.15. The summed E-state index contributed by atoms with van der Waals surface area (Å²) in [7, 11) is 1.45. The van der Waals surface area contributed by atoms with E-state index in [2.05, 4.69) is 11.9 Å². The smallest absolute Gasteiger partial charge is 0.268 e. The summed E-state index contributed by atoms with van der Waals surface area (Å²) in [5.74, 6) is -0.768. The van der Waals surface area contributed by atoms with Crippen molar-refractivity contribution in [1.29, 1.82) is 0 Å². The van der Waals surface area contributed by atoms with Gasteiger partial charge in [0, 0.05) is 17.0 Å². The molecule has 0 aliphatic carbocycles. The number of hydrogen-bond acceptors (Lipinski definition) is 4. The zero-order valence-electron chi connectivity index (χ0n) is 14.5. The molecule has 6 nitrogen and oxygen atoms in total. The molecule has 3 aromatic rings. The molecule has 3 rings (SSSR count). The van der Waals surface area contributed by atoms with Crippen molar-refractivity contribution >= 4 is 34.1 Å². The van der Waals surface area contributed by atoms with Gasteiger partial charge in [-0.15, -0.1) is 6.58 Å². The number of benzene rings is 2. The van der Waals surface area contributed by atoms with Crippen molar-refractivity contribution in [3.63, 3.8) is 0 Å². The van der Waals surface area contributed by atoms with Gasteiger partial charge in [-0.25, -0.2) is 0 Å². The number of carbonyl (C=O) groups is 1. The molecule has 2 aromatic carbocycles. The number of para-hydroxylation sites is 1. The normalized spacial score (nSPS) is 10.6. The van der Waals surface area contributed by atoms with Gasteiger partial charge in [-0.3, -0.25) is 9.59 Å². The van der Waals surface area contributed by atoms with Crippen molar-refractivity contribution in [3.8, 4) is 11.5 Å². The van der Waals surface area contributed by atoms with Crippen LogP contribution in [0.3, 0.4) is 0 Å². The summed E-state index contributed by atoms with van der Waals surface area (Å²) < 4.78 is 6.58. The van der Waals surface area contributed by atoms with Gasteiger partial charge in [0.2, 0.25) is 0 Å². The quantitative estimate of drug-likeness (QED) is 0.655. The minimum atomic E-state index is -0.762. The van der Waals surface area contributed by atoms with Gasteiger partial charge >= 0.3 is 0 Å². The molecule has 7 heteroatoms. The summed E-state index contributed by atoms with van der Waals surface area (Å²) in [5.41, 5.74) is -0.184. The third kappa shape index (κ3) is 3.39. The number of ether oxygens (including phenoxy) is 1. The molecule has 0 saturated carbocycles. The summed E-state index contributed by atoms with van der Waals surface area (Å²) in [4.78, 5) is 25.7. The first-order chi connectivity index (χ1) is 13.0. The first kappa shape index (κ1) is 18.5. The first-order valence-electron chi connectivity index (χ1n) is 8.08. The van der Waals surface area contributed by atoms with Crippen molar-refractivity contribution in [2.24, 2.45) is 0 Å². The highest BCUT2D eigenvalue weighted by Crippen LogP contribution is 2.30. The maximum absolute atomic E-state index is 12.9. The Balaban J connectivity index is 2.17. The van der Waals surface area contributed by atoms with Crippen LogP contribution in [0, 0.1) is 0 Å². The van der Waals surface area contributed by atoms with E-state index >= 15 is 0 Å². The van der Waals surface area contributed by atoms with Crippen LogP contribution in [0.2, 0.25) is 5.02 Å². The van der Waals surface area contributed by atoms with Crippen LogP contribution < -0.4 is 15.6 Å². The van der Waals surface area contributed by atoms with Crippen molar-refractivity contribution < 1.29 is 14.6 Å². The zero-order chi connectivity index (χ0) is 19.6. The molecule has 0 bridgehead atoms. The Morgan fingerprint density at radius 2 is 2.07 bits per heavy atom. The molecular formula is C20H17ClN2O4. The molecule has 0 aliphatic heterocycles. The van der Waals surface area contributed by atoms with Crippen molar-refractivity contribution in [1.82, 2.24) is 4.57 Å². The lowest BCUT2D eigenvalue weighted by atomic mass is 10.1. The second-order valence-corrected chi connectivity index (χ2v) is 6.18. The third-order valence-electron chi connectivity index (χ3n) is 4.09. The number of allylic oxidation sites excluding steroid dienone is 1. The Morgan fingerprint density at radius 3 is 2.78 bits per heavy atom. The Kier molecular flexibility index (Phi) is 5.19. The fourth-order valence-corrected chi connectivity index (χ4v) is 3.04. The van der Waals surface area contributed by atoms with E-state index < -0.39 is 11.5 Å². The number of rotatable bonds is 5. The number of nitrogens with zero attached hydrogens (tertiary/aromatic N) is 1. The van der Waals surface area contributed by atoms with E-state index in [9.17, 15) is 14.7 Å². The Morgan fingerprint density at radius 1 is 1.33 bits per heavy atom. The van der Waals surface area contributed by atoms with Crippen LogP contribution in [-0.4, -0.2) is 22.7 Å². The third-order valence-corrected chi connectivity index (χ3v) is 4.33. The van der Waals surface area contributed by atoms with Gasteiger partial charge in [0.25, 0.3) is 11.5 Å². The van der Waals surface area contributed by atoms with Gasteiger partial charge < -0.3 is 19.7 Å². The second-order valence-electron chi connectivity index (χ2n) is 5.74. The van der Waals surface area contributed by atoms with Gasteiger partial charge in [-0.1, -0.05) is 29.8 Å². The van der Waals surface area contributed by atoms with E-state index in [1.807, 2.05) is 0 Å². The summed E-state index contributed by atoms with van der Waals surface area (Å²) in [6.07, 6.45) is 1.55. The van der Waals surface area contributed by atoms with E-state index in [1.54, 1.807) is 42.5 Å². The van der Waals surface area contributed by atoms with E-state index in [0.29, 0.717) is 21.7 Å². The highest BCUT2D eigenvalue weighted by molar-refractivity contribution is 6.31. The van der Waals surface area contributed by atoms with Crippen molar-refractivity contribution in [2.45, 2.75) is 6.54 Å². The maximum Gasteiger partial charge on any atom is 0.268 e. The number of aromatic nitrogens is 1. The number of hydrogen-bond donors (Lipinski definition) is 2.